The summed E-state index contributed by atoms with van der Waals surface area (Å²) in [5.74, 6) is 0.187. The number of hydrogen-bond acceptors (Lipinski definition) is 2. The third-order valence-corrected chi connectivity index (χ3v) is 3.52. The number of aromatic nitrogens is 2. The Balaban J connectivity index is 2.38. The second-order valence-corrected chi connectivity index (χ2v) is 4.74. The lowest BCUT2D eigenvalue weighted by atomic mass is 9.92. The molecule has 0 bridgehead atoms. The Morgan fingerprint density at radius 3 is 2.67 bits per heavy atom. The Morgan fingerprint density at radius 2 is 2.06 bits per heavy atom. The van der Waals surface area contributed by atoms with Gasteiger partial charge in [-0.15, -0.1) is 0 Å². The van der Waals surface area contributed by atoms with Crippen molar-refractivity contribution < 1.29 is 4.79 Å². The van der Waals surface area contributed by atoms with Crippen LogP contribution in [0.3, 0.4) is 0 Å². The molecule has 1 aromatic heterocycles. The van der Waals surface area contributed by atoms with Gasteiger partial charge in [-0.3, -0.25) is 9.36 Å². The highest BCUT2D eigenvalue weighted by Crippen LogP contribution is 2.26. The Hall–Kier alpha value is -1.90. The van der Waals surface area contributed by atoms with Crippen molar-refractivity contribution in [1.82, 2.24) is 9.55 Å². The average molecular weight is 242 g/mol. The number of aryl methyl sites for hydroxylation is 1. The number of rotatable bonds is 2. The van der Waals surface area contributed by atoms with Crippen molar-refractivity contribution in [3.8, 4) is 0 Å². The fourth-order valence-electron chi connectivity index (χ4n) is 2.14. The van der Waals surface area contributed by atoms with E-state index in [1.165, 1.54) is 28.2 Å². The van der Waals surface area contributed by atoms with Crippen LogP contribution < -0.4 is 0 Å². The molecule has 3 heteroatoms. The summed E-state index contributed by atoms with van der Waals surface area (Å²) in [7, 11) is 0. The molecular formula is C15H18N2O. The number of nitrogens with zero attached hydrogens (tertiary/aromatic N) is 2. The molecule has 3 nitrogen and oxygen atoms in total. The van der Waals surface area contributed by atoms with Gasteiger partial charge in [-0.25, -0.2) is 4.98 Å². The van der Waals surface area contributed by atoms with Crippen LogP contribution in [-0.4, -0.2) is 15.5 Å². The zero-order valence-electron chi connectivity index (χ0n) is 11.3. The minimum atomic E-state index is -0.0121. The van der Waals surface area contributed by atoms with Crippen LogP contribution in [0.2, 0.25) is 0 Å². The molecule has 1 unspecified atom stereocenters. The van der Waals surface area contributed by atoms with Gasteiger partial charge in [-0.2, -0.15) is 0 Å². The van der Waals surface area contributed by atoms with Gasteiger partial charge in [0.25, 0.3) is 0 Å². The largest absolute Gasteiger partial charge is 0.276 e. The number of benzene rings is 1. The first-order valence-corrected chi connectivity index (χ1v) is 6.11. The predicted molar refractivity (Wildman–Crippen MR) is 72.0 cm³/mol. The minimum Gasteiger partial charge on any atom is -0.276 e. The molecule has 18 heavy (non-hydrogen) atoms. The highest BCUT2D eigenvalue weighted by molar-refractivity contribution is 5.75. The summed E-state index contributed by atoms with van der Waals surface area (Å²) in [5.41, 5.74) is 4.77. The van der Waals surface area contributed by atoms with Crippen LogP contribution in [0.1, 0.15) is 46.9 Å². The van der Waals surface area contributed by atoms with Gasteiger partial charge < -0.3 is 0 Å². The first kappa shape index (κ1) is 12.6. The molecule has 1 atom stereocenters. The lowest BCUT2D eigenvalue weighted by molar-refractivity contribution is 0.0936. The first-order valence-electron chi connectivity index (χ1n) is 6.11. The molecule has 1 aromatic carbocycles. The molecule has 0 saturated heterocycles. The van der Waals surface area contributed by atoms with Gasteiger partial charge in [-0.1, -0.05) is 25.1 Å². The molecule has 0 aliphatic rings. The Bertz CT molecular complexity index is 584. The van der Waals surface area contributed by atoms with Crippen LogP contribution >= 0.6 is 0 Å². The van der Waals surface area contributed by atoms with Crippen molar-refractivity contribution in [2.45, 2.75) is 33.6 Å². The maximum atomic E-state index is 11.3. The quantitative estimate of drug-likeness (QED) is 0.809. The highest BCUT2D eigenvalue weighted by atomic mass is 16.1. The minimum absolute atomic E-state index is 0.0121. The van der Waals surface area contributed by atoms with E-state index in [0.29, 0.717) is 0 Å². The zero-order chi connectivity index (χ0) is 13.3. The third-order valence-electron chi connectivity index (χ3n) is 3.52. The molecule has 0 fully saturated rings. The van der Waals surface area contributed by atoms with E-state index in [9.17, 15) is 4.79 Å². The van der Waals surface area contributed by atoms with Crippen molar-refractivity contribution >= 4 is 5.91 Å². The smallest absolute Gasteiger partial charge is 0.228 e. The van der Waals surface area contributed by atoms with Gasteiger partial charge in [0.2, 0.25) is 5.91 Å². The van der Waals surface area contributed by atoms with E-state index in [0.717, 1.165) is 5.69 Å². The van der Waals surface area contributed by atoms with Gasteiger partial charge in [0, 0.05) is 19.0 Å². The maximum Gasteiger partial charge on any atom is 0.228 e. The summed E-state index contributed by atoms with van der Waals surface area (Å²) < 4.78 is 1.52. The monoisotopic (exact) mass is 242 g/mol. The summed E-state index contributed by atoms with van der Waals surface area (Å²) in [6.45, 7) is 7.89. The number of carbonyl (C=O) groups excluding carboxylic acids is 1. The molecule has 0 saturated carbocycles. The van der Waals surface area contributed by atoms with E-state index in [4.69, 9.17) is 0 Å². The number of carbonyl (C=O) groups is 1. The zero-order valence-corrected chi connectivity index (χ0v) is 11.3. The van der Waals surface area contributed by atoms with E-state index in [-0.39, 0.29) is 11.8 Å². The van der Waals surface area contributed by atoms with Crippen LogP contribution in [0.4, 0.5) is 0 Å². The lowest BCUT2D eigenvalue weighted by Gasteiger charge is -2.14. The van der Waals surface area contributed by atoms with Gasteiger partial charge in [0.05, 0.1) is 5.69 Å². The van der Waals surface area contributed by atoms with Crippen LogP contribution in [0, 0.1) is 13.8 Å². The summed E-state index contributed by atoms with van der Waals surface area (Å²) in [5, 5.41) is 0. The maximum absolute atomic E-state index is 11.3. The van der Waals surface area contributed by atoms with Crippen LogP contribution in [0.25, 0.3) is 0 Å². The SMILES string of the molecule is CC(=O)n1cnc(C(C)c2cccc(C)c2C)c1. The second kappa shape index (κ2) is 4.77. The summed E-state index contributed by atoms with van der Waals surface area (Å²) >= 11 is 0. The van der Waals surface area contributed by atoms with Gasteiger partial charge >= 0.3 is 0 Å². The molecule has 0 spiro atoms. The van der Waals surface area contributed by atoms with Crippen LogP contribution in [0.5, 0.6) is 0 Å². The van der Waals surface area contributed by atoms with Crippen molar-refractivity contribution in [1.29, 1.82) is 0 Å². The average Bonchev–Trinajstić information content (AvgIpc) is 2.81. The van der Waals surface area contributed by atoms with Gasteiger partial charge in [-0.05, 0) is 30.5 Å². The predicted octanol–water partition coefficient (Wildman–Crippen LogP) is 3.31. The Morgan fingerprint density at radius 1 is 1.33 bits per heavy atom. The molecule has 0 N–H and O–H groups in total. The summed E-state index contributed by atoms with van der Waals surface area (Å²) in [6.07, 6.45) is 3.40. The molecule has 2 aromatic rings. The van der Waals surface area contributed by atoms with E-state index in [2.05, 4.69) is 44.0 Å². The topological polar surface area (TPSA) is 34.9 Å². The molecule has 1 heterocycles. The van der Waals surface area contributed by atoms with E-state index >= 15 is 0 Å². The normalized spacial score (nSPS) is 12.4. The molecule has 94 valence electrons. The molecule has 0 aliphatic heterocycles. The van der Waals surface area contributed by atoms with Crippen molar-refractivity contribution in [2.24, 2.45) is 0 Å². The van der Waals surface area contributed by atoms with Crippen LogP contribution in [0.15, 0.2) is 30.7 Å². The molecule has 0 amide bonds. The van der Waals surface area contributed by atoms with Crippen molar-refractivity contribution in [3.63, 3.8) is 0 Å². The van der Waals surface area contributed by atoms with E-state index < -0.39 is 0 Å². The van der Waals surface area contributed by atoms with E-state index in [1.807, 2.05) is 6.20 Å². The fraction of sp³-hybridized carbons (Fsp3) is 0.333. The molecular weight excluding hydrogens is 224 g/mol. The second-order valence-electron chi connectivity index (χ2n) is 4.74. The Labute approximate surface area is 107 Å². The van der Waals surface area contributed by atoms with Crippen molar-refractivity contribution in [3.05, 3.63) is 53.1 Å². The lowest BCUT2D eigenvalue weighted by Crippen LogP contribution is -2.03. The Kier molecular flexibility index (Phi) is 3.32. The number of hydrogen-bond donors (Lipinski definition) is 0. The fourth-order valence-corrected chi connectivity index (χ4v) is 2.14. The molecule has 0 radical (unpaired) electrons. The van der Waals surface area contributed by atoms with Gasteiger partial charge in [0.1, 0.15) is 6.33 Å². The molecule has 2 rings (SSSR count). The first-order chi connectivity index (χ1) is 8.50. The standard InChI is InChI=1S/C15H18N2O/c1-10-6-5-7-14(11(10)2)12(3)15-8-17(9-16-15)13(4)18/h5-9,12H,1-4H3. The van der Waals surface area contributed by atoms with Gasteiger partial charge in [0.15, 0.2) is 0 Å². The third kappa shape index (κ3) is 2.21. The highest BCUT2D eigenvalue weighted by Gasteiger charge is 2.15. The molecule has 0 aliphatic carbocycles. The van der Waals surface area contributed by atoms with Crippen LogP contribution in [-0.2, 0) is 0 Å². The van der Waals surface area contributed by atoms with E-state index in [1.54, 1.807) is 6.33 Å². The summed E-state index contributed by atoms with van der Waals surface area (Å²) in [6, 6.07) is 6.30. The van der Waals surface area contributed by atoms with Crippen molar-refractivity contribution in [2.75, 3.05) is 0 Å². The summed E-state index contributed by atoms with van der Waals surface area (Å²) in [4.78, 5) is 15.6. The number of imidazole rings is 1.